The summed E-state index contributed by atoms with van der Waals surface area (Å²) >= 11 is 0. The Morgan fingerprint density at radius 3 is 2.72 bits per heavy atom. The Labute approximate surface area is 110 Å². The van der Waals surface area contributed by atoms with E-state index < -0.39 is 0 Å². The number of furan rings is 1. The topological polar surface area (TPSA) is 34.4 Å². The van der Waals surface area contributed by atoms with Gasteiger partial charge in [-0.05, 0) is 46.2 Å². The van der Waals surface area contributed by atoms with Crippen LogP contribution in [0.2, 0.25) is 0 Å². The van der Waals surface area contributed by atoms with Crippen LogP contribution in [0.1, 0.15) is 49.8 Å². The van der Waals surface area contributed by atoms with Crippen molar-refractivity contribution in [1.29, 1.82) is 0 Å². The van der Waals surface area contributed by atoms with Crippen molar-refractivity contribution in [2.24, 2.45) is 5.92 Å². The van der Waals surface area contributed by atoms with Crippen LogP contribution in [0.3, 0.4) is 0 Å². The highest BCUT2D eigenvalue weighted by atomic mass is 16.5. The zero-order valence-electron chi connectivity index (χ0n) is 12.0. The second-order valence-electron chi connectivity index (χ2n) is 5.33. The number of hydrogen-bond acceptors (Lipinski definition) is 3. The maximum atomic E-state index is 5.72. The van der Waals surface area contributed by atoms with Crippen LogP contribution in [0.5, 0.6) is 0 Å². The zero-order chi connectivity index (χ0) is 13.1. The van der Waals surface area contributed by atoms with Crippen LogP contribution < -0.4 is 5.32 Å². The molecule has 1 aliphatic rings. The van der Waals surface area contributed by atoms with Gasteiger partial charge in [0.25, 0.3) is 0 Å². The van der Waals surface area contributed by atoms with E-state index in [4.69, 9.17) is 9.15 Å². The molecule has 0 radical (unpaired) electrons. The van der Waals surface area contributed by atoms with Gasteiger partial charge in [0.1, 0.15) is 11.5 Å². The molecule has 0 saturated carbocycles. The monoisotopic (exact) mass is 251 g/mol. The first-order chi connectivity index (χ1) is 8.63. The fraction of sp³-hybridized carbons (Fsp3) is 0.733. The molecule has 0 aromatic carbocycles. The minimum absolute atomic E-state index is 0.328. The summed E-state index contributed by atoms with van der Waals surface area (Å²) in [6.45, 7) is 10.4. The third kappa shape index (κ3) is 2.78. The van der Waals surface area contributed by atoms with Crippen LogP contribution in [-0.2, 0) is 4.74 Å². The minimum atomic E-state index is 0.328. The van der Waals surface area contributed by atoms with Gasteiger partial charge in [-0.15, -0.1) is 0 Å². The molecular weight excluding hydrogens is 226 g/mol. The van der Waals surface area contributed by atoms with Gasteiger partial charge in [0.05, 0.1) is 6.10 Å². The Hall–Kier alpha value is -0.800. The van der Waals surface area contributed by atoms with Gasteiger partial charge in [-0.2, -0.15) is 0 Å². The first kappa shape index (κ1) is 13.6. The molecular formula is C15H25NO2. The molecule has 2 rings (SSSR count). The molecule has 0 amide bonds. The van der Waals surface area contributed by atoms with Gasteiger partial charge >= 0.3 is 0 Å². The predicted octanol–water partition coefficient (Wildman–Crippen LogP) is 3.36. The van der Waals surface area contributed by atoms with Crippen LogP contribution in [0.15, 0.2) is 10.5 Å². The van der Waals surface area contributed by atoms with Crippen molar-refractivity contribution < 1.29 is 9.15 Å². The van der Waals surface area contributed by atoms with E-state index in [1.807, 2.05) is 6.92 Å². The number of rotatable bonds is 5. The van der Waals surface area contributed by atoms with Crippen molar-refractivity contribution >= 4 is 0 Å². The largest absolute Gasteiger partial charge is 0.466 e. The molecule has 18 heavy (non-hydrogen) atoms. The van der Waals surface area contributed by atoms with Gasteiger partial charge in [0.2, 0.25) is 0 Å². The highest BCUT2D eigenvalue weighted by molar-refractivity contribution is 5.25. The number of nitrogens with one attached hydrogen (secondary N) is 1. The Kier molecular flexibility index (Phi) is 4.46. The molecule has 2 heterocycles. The fourth-order valence-electron chi connectivity index (χ4n) is 2.94. The molecule has 3 nitrogen and oxygen atoms in total. The molecule has 3 unspecified atom stereocenters. The molecule has 102 valence electrons. The van der Waals surface area contributed by atoms with Gasteiger partial charge in [0.15, 0.2) is 0 Å². The first-order valence-corrected chi connectivity index (χ1v) is 7.05. The average Bonchev–Trinajstić information content (AvgIpc) is 2.87. The Morgan fingerprint density at radius 1 is 1.44 bits per heavy atom. The van der Waals surface area contributed by atoms with Crippen molar-refractivity contribution in [2.45, 2.75) is 52.7 Å². The molecule has 1 saturated heterocycles. The van der Waals surface area contributed by atoms with Crippen molar-refractivity contribution in [3.63, 3.8) is 0 Å². The third-order valence-corrected chi connectivity index (χ3v) is 3.89. The lowest BCUT2D eigenvalue weighted by molar-refractivity contribution is 0.0952. The van der Waals surface area contributed by atoms with Crippen LogP contribution in [0.4, 0.5) is 0 Å². The second kappa shape index (κ2) is 5.89. The highest BCUT2D eigenvalue weighted by Crippen LogP contribution is 2.35. The molecule has 0 bridgehead atoms. The molecule has 0 aliphatic carbocycles. The standard InChI is InChI=1S/C15H25NO2/c1-5-7-16-15(13-6-8-17-11(13)3)14-9-10(2)18-12(14)4/h9,11,13,15-16H,5-8H2,1-4H3. The van der Waals surface area contributed by atoms with Crippen molar-refractivity contribution in [3.05, 3.63) is 23.2 Å². The van der Waals surface area contributed by atoms with Crippen LogP contribution in [0.25, 0.3) is 0 Å². The Bertz CT molecular complexity index is 386. The van der Waals surface area contributed by atoms with E-state index >= 15 is 0 Å². The normalized spacial score (nSPS) is 25.6. The summed E-state index contributed by atoms with van der Waals surface area (Å²) in [5.74, 6) is 2.59. The van der Waals surface area contributed by atoms with Crippen molar-refractivity contribution in [2.75, 3.05) is 13.2 Å². The maximum absolute atomic E-state index is 5.72. The van der Waals surface area contributed by atoms with E-state index in [0.29, 0.717) is 18.1 Å². The van der Waals surface area contributed by atoms with E-state index in [2.05, 4.69) is 32.2 Å². The maximum Gasteiger partial charge on any atom is 0.105 e. The van der Waals surface area contributed by atoms with Crippen molar-refractivity contribution in [1.82, 2.24) is 5.32 Å². The van der Waals surface area contributed by atoms with E-state index in [1.165, 1.54) is 5.56 Å². The summed E-state index contributed by atoms with van der Waals surface area (Å²) in [4.78, 5) is 0. The quantitative estimate of drug-likeness (QED) is 0.871. The summed E-state index contributed by atoms with van der Waals surface area (Å²) in [6.07, 6.45) is 2.61. The molecule has 1 N–H and O–H groups in total. The van der Waals surface area contributed by atoms with E-state index in [1.54, 1.807) is 0 Å². The highest BCUT2D eigenvalue weighted by Gasteiger charge is 2.34. The second-order valence-corrected chi connectivity index (χ2v) is 5.33. The zero-order valence-corrected chi connectivity index (χ0v) is 12.0. The summed E-state index contributed by atoms with van der Waals surface area (Å²) in [5.41, 5.74) is 1.31. The van der Waals surface area contributed by atoms with Gasteiger partial charge in [0, 0.05) is 24.1 Å². The molecule has 0 spiro atoms. The first-order valence-electron chi connectivity index (χ1n) is 7.05. The third-order valence-electron chi connectivity index (χ3n) is 3.89. The summed E-state index contributed by atoms with van der Waals surface area (Å²) in [6, 6.07) is 2.54. The molecule has 1 aliphatic heterocycles. The smallest absolute Gasteiger partial charge is 0.105 e. The van der Waals surface area contributed by atoms with Gasteiger partial charge in [-0.25, -0.2) is 0 Å². The molecule has 3 atom stereocenters. The summed E-state index contributed by atoms with van der Waals surface area (Å²) in [5, 5.41) is 3.67. The van der Waals surface area contributed by atoms with Crippen LogP contribution in [-0.4, -0.2) is 19.3 Å². The average molecular weight is 251 g/mol. The Balaban J connectivity index is 2.21. The SMILES string of the molecule is CCCNC(c1cc(C)oc1C)C1CCOC1C. The van der Waals surface area contributed by atoms with Gasteiger partial charge in [-0.3, -0.25) is 0 Å². The fourth-order valence-corrected chi connectivity index (χ4v) is 2.94. The van der Waals surface area contributed by atoms with Gasteiger partial charge in [-0.1, -0.05) is 6.92 Å². The van der Waals surface area contributed by atoms with Crippen LogP contribution in [0, 0.1) is 19.8 Å². The number of aryl methyl sites for hydroxylation is 2. The lowest BCUT2D eigenvalue weighted by Gasteiger charge is -2.26. The molecule has 1 aromatic rings. The molecule has 3 heteroatoms. The van der Waals surface area contributed by atoms with Gasteiger partial charge < -0.3 is 14.5 Å². The van der Waals surface area contributed by atoms with E-state index in [-0.39, 0.29) is 0 Å². The van der Waals surface area contributed by atoms with E-state index in [0.717, 1.165) is 37.5 Å². The lowest BCUT2D eigenvalue weighted by Crippen LogP contribution is -2.32. The lowest BCUT2D eigenvalue weighted by atomic mass is 9.88. The Morgan fingerprint density at radius 2 is 2.22 bits per heavy atom. The van der Waals surface area contributed by atoms with Crippen molar-refractivity contribution in [3.8, 4) is 0 Å². The molecule has 1 fully saturated rings. The predicted molar refractivity (Wildman–Crippen MR) is 72.7 cm³/mol. The van der Waals surface area contributed by atoms with E-state index in [9.17, 15) is 0 Å². The minimum Gasteiger partial charge on any atom is -0.466 e. The molecule has 1 aromatic heterocycles. The summed E-state index contributed by atoms with van der Waals surface area (Å²) in [7, 11) is 0. The number of ether oxygens (including phenoxy) is 1. The number of hydrogen-bond donors (Lipinski definition) is 1. The summed E-state index contributed by atoms with van der Waals surface area (Å²) < 4.78 is 11.4. The van der Waals surface area contributed by atoms with Crippen LogP contribution >= 0.6 is 0 Å².